The largest absolute Gasteiger partial charge is 0.444 e. The second-order valence-electron chi connectivity index (χ2n) is 5.35. The number of carbonyl (C=O) groups is 1. The fraction of sp³-hybridized carbons (Fsp3) is 0.900. The van der Waals surface area contributed by atoms with Crippen molar-refractivity contribution in [1.29, 1.82) is 0 Å². The lowest BCUT2D eigenvalue weighted by Gasteiger charge is -2.23. The summed E-state index contributed by atoms with van der Waals surface area (Å²) >= 11 is 0. The van der Waals surface area contributed by atoms with Crippen molar-refractivity contribution in [2.45, 2.75) is 32.4 Å². The maximum absolute atomic E-state index is 11.8. The van der Waals surface area contributed by atoms with Gasteiger partial charge in [0.2, 0.25) is 0 Å². The van der Waals surface area contributed by atoms with E-state index in [4.69, 9.17) is 4.74 Å². The summed E-state index contributed by atoms with van der Waals surface area (Å²) in [5.74, 6) is 0. The number of hydrogen-bond acceptors (Lipinski definition) is 3. The number of carbonyl (C=O) groups excluding carboxylic acids is 1. The molecule has 2 heterocycles. The van der Waals surface area contributed by atoms with Crippen LogP contribution >= 0.6 is 0 Å². The fourth-order valence-electron chi connectivity index (χ4n) is 2.12. The van der Waals surface area contributed by atoms with Gasteiger partial charge in [0.05, 0.1) is 13.1 Å². The summed E-state index contributed by atoms with van der Waals surface area (Å²) in [7, 11) is 0. The fourth-order valence-corrected chi connectivity index (χ4v) is 2.12. The average Bonchev–Trinajstić information content (AvgIpc) is 2.56. The minimum atomic E-state index is -0.391. The van der Waals surface area contributed by atoms with E-state index in [9.17, 15) is 4.79 Å². The molecule has 0 aromatic carbocycles. The SMILES string of the molecule is CC(C)(C)OC(=O)N1C[C@@H]2CNC[NH+]2C1. The lowest BCUT2D eigenvalue weighted by molar-refractivity contribution is -0.902. The van der Waals surface area contributed by atoms with E-state index in [1.807, 2.05) is 25.7 Å². The van der Waals surface area contributed by atoms with Gasteiger partial charge in [-0.25, -0.2) is 4.79 Å². The molecule has 1 amide bonds. The Morgan fingerprint density at radius 2 is 2.27 bits per heavy atom. The summed E-state index contributed by atoms with van der Waals surface area (Å²) in [5.41, 5.74) is -0.391. The first-order chi connectivity index (χ1) is 6.96. The Bertz CT molecular complexity index is 250. The van der Waals surface area contributed by atoms with Gasteiger partial charge in [-0.05, 0) is 20.8 Å². The van der Waals surface area contributed by atoms with Crippen molar-refractivity contribution >= 4 is 6.09 Å². The second kappa shape index (κ2) is 3.64. The third kappa shape index (κ3) is 2.41. The van der Waals surface area contributed by atoms with Crippen LogP contribution in [0.3, 0.4) is 0 Å². The predicted molar refractivity (Wildman–Crippen MR) is 55.4 cm³/mol. The van der Waals surface area contributed by atoms with Crippen molar-refractivity contribution in [3.05, 3.63) is 0 Å². The Labute approximate surface area is 90.4 Å². The molecule has 15 heavy (non-hydrogen) atoms. The molecule has 0 aromatic heterocycles. The number of nitrogens with one attached hydrogen (secondary N) is 2. The van der Waals surface area contributed by atoms with Gasteiger partial charge in [-0.2, -0.15) is 0 Å². The van der Waals surface area contributed by atoms with Gasteiger partial charge in [0.25, 0.3) is 0 Å². The van der Waals surface area contributed by atoms with Crippen LogP contribution in [0.1, 0.15) is 20.8 Å². The van der Waals surface area contributed by atoms with Crippen LogP contribution in [0.15, 0.2) is 0 Å². The molecule has 5 heteroatoms. The minimum Gasteiger partial charge on any atom is -0.444 e. The van der Waals surface area contributed by atoms with E-state index in [0.29, 0.717) is 6.04 Å². The molecule has 0 bridgehead atoms. The molecule has 2 saturated heterocycles. The first-order valence-electron chi connectivity index (χ1n) is 5.49. The Kier molecular flexibility index (Phi) is 2.60. The molecule has 0 aromatic rings. The molecule has 2 aliphatic rings. The summed E-state index contributed by atoms with van der Waals surface area (Å²) in [5, 5.41) is 3.32. The van der Waals surface area contributed by atoms with Crippen molar-refractivity contribution in [1.82, 2.24) is 10.2 Å². The highest BCUT2D eigenvalue weighted by Gasteiger charge is 2.41. The topological polar surface area (TPSA) is 46.0 Å². The number of rotatable bonds is 0. The van der Waals surface area contributed by atoms with Crippen LogP contribution in [0.4, 0.5) is 4.79 Å². The van der Waals surface area contributed by atoms with Gasteiger partial charge < -0.3 is 9.64 Å². The summed E-state index contributed by atoms with van der Waals surface area (Å²) in [6, 6.07) is 0.553. The summed E-state index contributed by atoms with van der Waals surface area (Å²) in [4.78, 5) is 15.0. The van der Waals surface area contributed by atoms with Gasteiger partial charge in [-0.3, -0.25) is 10.2 Å². The molecule has 2 atom stereocenters. The molecule has 0 aliphatic carbocycles. The van der Waals surface area contributed by atoms with E-state index in [0.717, 1.165) is 26.4 Å². The van der Waals surface area contributed by atoms with Crippen molar-refractivity contribution in [2.24, 2.45) is 0 Å². The number of amides is 1. The third-order valence-corrected chi connectivity index (χ3v) is 2.81. The van der Waals surface area contributed by atoms with Gasteiger partial charge in [0.1, 0.15) is 18.3 Å². The molecular formula is C10H20N3O2+. The van der Waals surface area contributed by atoms with Gasteiger partial charge in [0, 0.05) is 0 Å². The molecule has 0 saturated carbocycles. The Morgan fingerprint density at radius 1 is 1.53 bits per heavy atom. The van der Waals surface area contributed by atoms with Crippen molar-refractivity contribution in [2.75, 3.05) is 26.4 Å². The number of ether oxygens (including phenoxy) is 1. The zero-order chi connectivity index (χ0) is 11.1. The van der Waals surface area contributed by atoms with Crippen LogP contribution in [-0.2, 0) is 4.74 Å². The second-order valence-corrected chi connectivity index (χ2v) is 5.35. The van der Waals surface area contributed by atoms with E-state index in [1.165, 1.54) is 4.90 Å². The van der Waals surface area contributed by atoms with E-state index in [2.05, 4.69) is 5.32 Å². The van der Waals surface area contributed by atoms with Gasteiger partial charge >= 0.3 is 6.09 Å². The van der Waals surface area contributed by atoms with Gasteiger partial charge in [-0.1, -0.05) is 0 Å². The molecule has 2 fully saturated rings. The molecular weight excluding hydrogens is 194 g/mol. The highest BCUT2D eigenvalue weighted by molar-refractivity contribution is 5.68. The molecule has 2 rings (SSSR count). The van der Waals surface area contributed by atoms with Gasteiger partial charge in [0.15, 0.2) is 6.67 Å². The van der Waals surface area contributed by atoms with Crippen LogP contribution in [-0.4, -0.2) is 49.1 Å². The highest BCUT2D eigenvalue weighted by Crippen LogP contribution is 2.10. The summed E-state index contributed by atoms with van der Waals surface area (Å²) < 4.78 is 5.34. The molecule has 2 aliphatic heterocycles. The predicted octanol–water partition coefficient (Wildman–Crippen LogP) is -0.991. The summed E-state index contributed by atoms with van der Waals surface area (Å²) in [6.07, 6.45) is -0.176. The number of hydrogen-bond donors (Lipinski definition) is 2. The Hall–Kier alpha value is -0.810. The standard InChI is InChI=1S/C10H19N3O2/c1-10(2,3)15-9(14)12-5-8-4-11-6-13(8)7-12/h8,11H,4-7H2,1-3H3/p+1/t8-/m0/s1. The van der Waals surface area contributed by atoms with Crippen molar-refractivity contribution in [3.63, 3.8) is 0 Å². The quantitative estimate of drug-likeness (QED) is 0.544. The van der Waals surface area contributed by atoms with E-state index in [-0.39, 0.29) is 6.09 Å². The van der Waals surface area contributed by atoms with E-state index in [1.54, 1.807) is 0 Å². The van der Waals surface area contributed by atoms with Gasteiger partial charge in [-0.15, -0.1) is 0 Å². The molecule has 86 valence electrons. The van der Waals surface area contributed by atoms with Crippen LogP contribution in [0.25, 0.3) is 0 Å². The Morgan fingerprint density at radius 3 is 2.87 bits per heavy atom. The monoisotopic (exact) mass is 214 g/mol. The Balaban J connectivity index is 1.88. The van der Waals surface area contributed by atoms with Crippen molar-refractivity contribution < 1.29 is 14.4 Å². The lowest BCUT2D eigenvalue weighted by atomic mass is 10.2. The molecule has 0 radical (unpaired) electrons. The first kappa shape index (κ1) is 10.7. The highest BCUT2D eigenvalue weighted by atomic mass is 16.6. The maximum atomic E-state index is 11.8. The number of fused-ring (bicyclic) bond motifs is 1. The number of quaternary nitrogens is 1. The zero-order valence-electron chi connectivity index (χ0n) is 9.67. The molecule has 1 unspecified atom stereocenters. The van der Waals surface area contributed by atoms with Crippen LogP contribution in [0.5, 0.6) is 0 Å². The van der Waals surface area contributed by atoms with Crippen LogP contribution in [0.2, 0.25) is 0 Å². The smallest absolute Gasteiger partial charge is 0.414 e. The molecule has 2 N–H and O–H groups in total. The number of nitrogens with zero attached hydrogens (tertiary/aromatic N) is 1. The zero-order valence-corrected chi connectivity index (χ0v) is 9.67. The molecule has 5 nitrogen and oxygen atoms in total. The van der Waals surface area contributed by atoms with Crippen molar-refractivity contribution in [3.8, 4) is 0 Å². The summed E-state index contributed by atoms with van der Waals surface area (Å²) in [6.45, 7) is 9.26. The van der Waals surface area contributed by atoms with Crippen LogP contribution in [0, 0.1) is 0 Å². The van der Waals surface area contributed by atoms with E-state index < -0.39 is 5.60 Å². The third-order valence-electron chi connectivity index (χ3n) is 2.81. The van der Waals surface area contributed by atoms with E-state index >= 15 is 0 Å². The normalized spacial score (nSPS) is 30.5. The first-order valence-corrected chi connectivity index (χ1v) is 5.49. The maximum Gasteiger partial charge on any atom is 0.414 e. The molecule has 0 spiro atoms. The lowest BCUT2D eigenvalue weighted by Crippen LogP contribution is -3.13. The average molecular weight is 214 g/mol. The minimum absolute atomic E-state index is 0.176. The van der Waals surface area contributed by atoms with Crippen LogP contribution < -0.4 is 10.2 Å².